The minimum atomic E-state index is -0.0639. The van der Waals surface area contributed by atoms with Crippen LogP contribution >= 0.6 is 11.6 Å². The third-order valence-corrected chi connectivity index (χ3v) is 2.22. The predicted octanol–water partition coefficient (Wildman–Crippen LogP) is 0.288. The quantitative estimate of drug-likeness (QED) is 0.692. The molecular weight excluding hydrogens is 204 g/mol. The minimum absolute atomic E-state index is 0.0255. The molecule has 0 aliphatic carbocycles. The Hall–Kier alpha value is -1.20. The van der Waals surface area contributed by atoms with Crippen molar-refractivity contribution < 1.29 is 4.79 Å². The van der Waals surface area contributed by atoms with Crippen molar-refractivity contribution in [2.24, 2.45) is 5.92 Å². The van der Waals surface area contributed by atoms with Gasteiger partial charge in [0.2, 0.25) is 11.9 Å². The van der Waals surface area contributed by atoms with Crippen LogP contribution < -0.4 is 10.6 Å². The fraction of sp³-hybridized carbons (Fsp3) is 0.375. The number of aromatic nitrogens is 2. The lowest BCUT2D eigenvalue weighted by atomic mass is 10.0. The van der Waals surface area contributed by atoms with E-state index in [2.05, 4.69) is 20.6 Å². The van der Waals surface area contributed by atoms with Gasteiger partial charge in [-0.2, -0.15) is 0 Å². The summed E-state index contributed by atoms with van der Waals surface area (Å²) in [5.41, 5.74) is 0. The maximum absolute atomic E-state index is 11.4. The summed E-state index contributed by atoms with van der Waals surface area (Å²) in [7, 11) is 0. The molecule has 2 rings (SSSR count). The van der Waals surface area contributed by atoms with Gasteiger partial charge < -0.3 is 5.32 Å². The second-order valence-electron chi connectivity index (χ2n) is 3.05. The van der Waals surface area contributed by atoms with Crippen LogP contribution in [-0.4, -0.2) is 29.0 Å². The number of hydrogen-bond acceptors (Lipinski definition) is 4. The molecule has 74 valence electrons. The molecule has 0 saturated carbocycles. The van der Waals surface area contributed by atoms with E-state index in [0.717, 1.165) is 0 Å². The van der Waals surface area contributed by atoms with Crippen LogP contribution in [-0.2, 0) is 4.79 Å². The highest BCUT2D eigenvalue weighted by Gasteiger charge is 2.25. The van der Waals surface area contributed by atoms with Crippen LogP contribution in [0.1, 0.15) is 0 Å². The van der Waals surface area contributed by atoms with Crippen molar-refractivity contribution in [2.45, 2.75) is 0 Å². The van der Waals surface area contributed by atoms with E-state index in [9.17, 15) is 4.79 Å². The third kappa shape index (κ3) is 2.00. The van der Waals surface area contributed by atoms with Crippen LogP contribution in [0.15, 0.2) is 12.3 Å². The largest absolute Gasteiger partial charge is 0.315 e. The summed E-state index contributed by atoms with van der Waals surface area (Å²) >= 11 is 5.64. The summed E-state index contributed by atoms with van der Waals surface area (Å²) in [6.45, 7) is 1.43. The lowest BCUT2D eigenvalue weighted by Gasteiger charge is -2.25. The van der Waals surface area contributed by atoms with E-state index >= 15 is 0 Å². The third-order valence-electron chi connectivity index (χ3n) is 2.01. The zero-order valence-electron chi connectivity index (χ0n) is 7.33. The Morgan fingerprint density at radius 2 is 2.43 bits per heavy atom. The van der Waals surface area contributed by atoms with Crippen LogP contribution in [0, 0.1) is 5.92 Å². The number of carbonyl (C=O) groups is 1. The van der Waals surface area contributed by atoms with Crippen molar-refractivity contribution in [3.63, 3.8) is 0 Å². The van der Waals surface area contributed by atoms with E-state index in [1.807, 2.05) is 0 Å². The number of rotatable bonds is 2. The first-order valence-electron chi connectivity index (χ1n) is 4.26. The molecule has 2 N–H and O–H groups in total. The van der Waals surface area contributed by atoms with Gasteiger partial charge in [0.25, 0.3) is 0 Å². The van der Waals surface area contributed by atoms with E-state index in [0.29, 0.717) is 18.2 Å². The molecule has 2 heterocycles. The lowest BCUT2D eigenvalue weighted by molar-refractivity contribution is -0.121. The fourth-order valence-corrected chi connectivity index (χ4v) is 1.22. The molecule has 0 unspecified atom stereocenters. The van der Waals surface area contributed by atoms with Crippen molar-refractivity contribution in [3.8, 4) is 0 Å². The normalized spacial score (nSPS) is 16.1. The number of amides is 1. The molecule has 1 aliphatic heterocycles. The monoisotopic (exact) mass is 212 g/mol. The molecule has 1 aliphatic rings. The van der Waals surface area contributed by atoms with Crippen molar-refractivity contribution in [1.82, 2.24) is 15.3 Å². The Balaban J connectivity index is 1.99. The molecule has 14 heavy (non-hydrogen) atoms. The smallest absolute Gasteiger partial charge is 0.232 e. The predicted molar refractivity (Wildman–Crippen MR) is 52.0 cm³/mol. The van der Waals surface area contributed by atoms with Crippen molar-refractivity contribution >= 4 is 23.5 Å². The molecule has 1 saturated heterocycles. The number of halogens is 1. The Labute approximate surface area is 85.9 Å². The van der Waals surface area contributed by atoms with Gasteiger partial charge in [-0.1, -0.05) is 11.6 Å². The Morgan fingerprint density at radius 3 is 3.00 bits per heavy atom. The SMILES string of the molecule is O=C(Nc1nccc(Cl)n1)C1CNC1. The van der Waals surface area contributed by atoms with Gasteiger partial charge in [0.1, 0.15) is 5.15 Å². The van der Waals surface area contributed by atoms with E-state index in [4.69, 9.17) is 11.6 Å². The second kappa shape index (κ2) is 3.89. The Morgan fingerprint density at radius 1 is 1.64 bits per heavy atom. The first-order valence-corrected chi connectivity index (χ1v) is 4.63. The van der Waals surface area contributed by atoms with Crippen LogP contribution in [0.3, 0.4) is 0 Å². The van der Waals surface area contributed by atoms with E-state index < -0.39 is 0 Å². The first kappa shape index (κ1) is 9.36. The van der Waals surface area contributed by atoms with E-state index in [1.54, 1.807) is 6.07 Å². The van der Waals surface area contributed by atoms with Crippen molar-refractivity contribution in [1.29, 1.82) is 0 Å². The van der Waals surface area contributed by atoms with Gasteiger partial charge in [0.05, 0.1) is 5.92 Å². The van der Waals surface area contributed by atoms with Crippen LogP contribution in [0.5, 0.6) is 0 Å². The molecule has 0 spiro atoms. The lowest BCUT2D eigenvalue weighted by Crippen LogP contribution is -2.48. The number of anilines is 1. The summed E-state index contributed by atoms with van der Waals surface area (Å²) in [6.07, 6.45) is 1.50. The molecule has 6 heteroatoms. The molecule has 1 amide bonds. The average molecular weight is 213 g/mol. The average Bonchev–Trinajstić information content (AvgIpc) is 1.99. The molecule has 5 nitrogen and oxygen atoms in total. The first-order chi connectivity index (χ1) is 6.75. The van der Waals surface area contributed by atoms with Gasteiger partial charge in [-0.25, -0.2) is 9.97 Å². The molecule has 1 aromatic rings. The zero-order chi connectivity index (χ0) is 9.97. The van der Waals surface area contributed by atoms with E-state index in [1.165, 1.54) is 6.20 Å². The molecule has 1 fully saturated rings. The minimum Gasteiger partial charge on any atom is -0.315 e. The summed E-state index contributed by atoms with van der Waals surface area (Å²) in [5, 5.41) is 5.93. The van der Waals surface area contributed by atoms with Gasteiger partial charge in [-0.3, -0.25) is 10.1 Å². The fourth-order valence-electron chi connectivity index (χ4n) is 1.08. The van der Waals surface area contributed by atoms with Gasteiger partial charge in [-0.15, -0.1) is 0 Å². The number of hydrogen-bond donors (Lipinski definition) is 2. The van der Waals surface area contributed by atoms with Crippen LogP contribution in [0.25, 0.3) is 0 Å². The van der Waals surface area contributed by atoms with Gasteiger partial charge in [0, 0.05) is 19.3 Å². The summed E-state index contributed by atoms with van der Waals surface area (Å²) in [6, 6.07) is 1.56. The number of carbonyl (C=O) groups excluding carboxylic acids is 1. The highest BCUT2D eigenvalue weighted by Crippen LogP contribution is 2.09. The van der Waals surface area contributed by atoms with E-state index in [-0.39, 0.29) is 17.8 Å². The van der Waals surface area contributed by atoms with Crippen LogP contribution in [0.2, 0.25) is 5.15 Å². The number of nitrogens with zero attached hydrogens (tertiary/aromatic N) is 2. The van der Waals surface area contributed by atoms with Crippen molar-refractivity contribution in [3.05, 3.63) is 17.4 Å². The molecule has 0 radical (unpaired) electrons. The summed E-state index contributed by atoms with van der Waals surface area (Å²) < 4.78 is 0. The number of nitrogens with one attached hydrogen (secondary N) is 2. The maximum atomic E-state index is 11.4. The standard InChI is InChI=1S/C8H9ClN4O/c9-6-1-2-11-8(12-6)13-7(14)5-3-10-4-5/h1-2,5,10H,3-4H2,(H,11,12,13,14). The zero-order valence-corrected chi connectivity index (χ0v) is 8.08. The van der Waals surface area contributed by atoms with Gasteiger partial charge in [0.15, 0.2) is 0 Å². The topological polar surface area (TPSA) is 66.9 Å². The second-order valence-corrected chi connectivity index (χ2v) is 3.43. The van der Waals surface area contributed by atoms with Crippen LogP contribution in [0.4, 0.5) is 5.95 Å². The maximum Gasteiger partial charge on any atom is 0.232 e. The summed E-state index contributed by atoms with van der Waals surface area (Å²) in [5.74, 6) is 0.220. The molecule has 0 atom stereocenters. The van der Waals surface area contributed by atoms with Gasteiger partial charge in [-0.05, 0) is 6.07 Å². The summed E-state index contributed by atoms with van der Waals surface area (Å²) in [4.78, 5) is 19.2. The van der Waals surface area contributed by atoms with Crippen molar-refractivity contribution in [2.75, 3.05) is 18.4 Å². The highest BCUT2D eigenvalue weighted by atomic mass is 35.5. The molecule has 0 aromatic carbocycles. The molecule has 0 bridgehead atoms. The Kier molecular flexibility index (Phi) is 2.60. The highest BCUT2D eigenvalue weighted by molar-refractivity contribution is 6.29. The molecule has 1 aromatic heterocycles. The Bertz CT molecular complexity index is 353. The molecular formula is C8H9ClN4O. The van der Waals surface area contributed by atoms with Gasteiger partial charge >= 0.3 is 0 Å².